The smallest absolute Gasteiger partial charge is 0.224 e. The van der Waals surface area contributed by atoms with Gasteiger partial charge in [0.25, 0.3) is 0 Å². The minimum Gasteiger partial charge on any atom is -0.394 e. The number of amides is 1. The van der Waals surface area contributed by atoms with Gasteiger partial charge in [-0.25, -0.2) is 0 Å². The first-order valence-electron chi connectivity index (χ1n) is 23.6. The molecule has 0 spiro atoms. The van der Waals surface area contributed by atoms with Gasteiger partial charge >= 0.3 is 0 Å². The quantitative estimate of drug-likeness (QED) is 0.124. The average Bonchev–Trinajstić information content (AvgIpc) is 3.22. The van der Waals surface area contributed by atoms with Crippen molar-refractivity contribution in [3.8, 4) is 0 Å². The van der Waals surface area contributed by atoms with Crippen molar-refractivity contribution in [3.63, 3.8) is 0 Å². The molecule has 16 nitrogen and oxygen atoms in total. The minimum absolute atomic E-state index is 0.000888. The molecule has 360 valence electrons. The van der Waals surface area contributed by atoms with E-state index in [0.29, 0.717) is 12.3 Å². The number of carbonyl (C=O) groups excluding carboxylic acids is 1. The van der Waals surface area contributed by atoms with E-state index in [2.05, 4.69) is 54.5 Å². The monoisotopic (exact) mass is 896 g/mol. The highest BCUT2D eigenvalue weighted by Crippen LogP contribution is 2.76. The molecule has 63 heavy (non-hydrogen) atoms. The molecule has 0 aromatic rings. The zero-order valence-electron chi connectivity index (χ0n) is 38.5. The Kier molecular flexibility index (Phi) is 12.8. The first-order valence-corrected chi connectivity index (χ1v) is 23.6. The first kappa shape index (κ1) is 48.1. The molecular weight excluding hydrogens is 819 g/mol. The molecular formula is C47H77NO15. The fourth-order valence-electron chi connectivity index (χ4n) is 14.8. The molecule has 3 saturated heterocycles. The van der Waals surface area contributed by atoms with Crippen LogP contribution in [0.1, 0.15) is 120 Å². The van der Waals surface area contributed by atoms with Crippen LogP contribution in [-0.4, -0.2) is 152 Å². The lowest BCUT2D eigenvalue weighted by Crippen LogP contribution is -2.66. The van der Waals surface area contributed by atoms with E-state index in [0.717, 1.165) is 57.8 Å². The Morgan fingerprint density at radius 3 is 2.05 bits per heavy atom. The van der Waals surface area contributed by atoms with Gasteiger partial charge in [0.05, 0.1) is 30.8 Å². The lowest BCUT2D eigenvalue weighted by atomic mass is 9.33. The number of carbonyl (C=O) groups is 1. The zero-order valence-corrected chi connectivity index (χ0v) is 38.5. The summed E-state index contributed by atoms with van der Waals surface area (Å²) in [7, 11) is 0. The third-order valence-corrected chi connectivity index (χ3v) is 19.0. The Labute approximate surface area is 371 Å². The molecule has 3 aliphatic heterocycles. The van der Waals surface area contributed by atoms with Gasteiger partial charge in [-0.1, -0.05) is 60.1 Å². The Balaban J connectivity index is 1.04. The normalized spacial score (nSPS) is 54.1. The van der Waals surface area contributed by atoms with Crippen molar-refractivity contribution in [2.75, 3.05) is 13.2 Å². The summed E-state index contributed by atoms with van der Waals surface area (Å²) in [5.74, 6) is 0.647. The summed E-state index contributed by atoms with van der Waals surface area (Å²) in [6, 6.07) is 0. The van der Waals surface area contributed by atoms with Crippen LogP contribution in [0.2, 0.25) is 0 Å². The number of fused-ring (bicyclic) bond motifs is 7. The van der Waals surface area contributed by atoms with Gasteiger partial charge in [0.1, 0.15) is 61.0 Å². The van der Waals surface area contributed by atoms with Crippen LogP contribution in [0.4, 0.5) is 0 Å². The van der Waals surface area contributed by atoms with Gasteiger partial charge in [-0.15, -0.1) is 0 Å². The van der Waals surface area contributed by atoms with Gasteiger partial charge in [0.2, 0.25) is 5.91 Å². The van der Waals surface area contributed by atoms with Gasteiger partial charge in [0, 0.05) is 0 Å². The maximum Gasteiger partial charge on any atom is 0.224 e. The molecule has 8 rings (SSSR count). The van der Waals surface area contributed by atoms with Gasteiger partial charge < -0.3 is 75.0 Å². The molecule has 0 aromatic heterocycles. The predicted octanol–water partition coefficient (Wildman–Crippen LogP) is 1.77. The SMILES string of the molecule is C[C@@H]1O[C@@H](O[C@H]2[C@H](OC3CC[C@@]4(C)C(CC[C@]5(C)C4CC=C4C6CC(C)(C)CC[C@]6(C(N)=O)CC[C@]45C)C3(C)C)OC[C@H](O[C@H]3O[C@H](CO)[C@@H](O)[C@H](O)[C@H]3O)[C@@H]2O)[C@H](O)[C@H](O)[C@H]1O. The van der Waals surface area contributed by atoms with Crippen LogP contribution in [-0.2, 0) is 33.2 Å². The Bertz CT molecular complexity index is 1730. The molecule has 4 saturated carbocycles. The number of allylic oxidation sites excluding steroid dienone is 2. The van der Waals surface area contributed by atoms with Crippen LogP contribution in [0, 0.1) is 50.2 Å². The number of nitrogens with two attached hydrogens (primary N) is 1. The number of aliphatic hydroxyl groups is 8. The second kappa shape index (κ2) is 16.7. The predicted molar refractivity (Wildman–Crippen MR) is 225 cm³/mol. The van der Waals surface area contributed by atoms with E-state index < -0.39 is 103 Å². The largest absolute Gasteiger partial charge is 0.394 e. The number of rotatable bonds is 8. The molecule has 0 radical (unpaired) electrons. The molecule has 5 aliphatic carbocycles. The molecule has 4 unspecified atom stereocenters. The summed E-state index contributed by atoms with van der Waals surface area (Å²) in [5.41, 5.74) is 6.92. The van der Waals surface area contributed by atoms with E-state index in [9.17, 15) is 45.6 Å². The number of primary amides is 1. The number of hydrogen-bond donors (Lipinski definition) is 9. The molecule has 0 aromatic carbocycles. The number of hydrogen-bond acceptors (Lipinski definition) is 15. The van der Waals surface area contributed by atoms with Gasteiger partial charge in [-0.05, 0) is 116 Å². The van der Waals surface area contributed by atoms with E-state index in [1.54, 1.807) is 0 Å². The lowest BCUT2D eigenvalue weighted by Gasteiger charge is -2.71. The van der Waals surface area contributed by atoms with Crippen LogP contribution < -0.4 is 5.73 Å². The Morgan fingerprint density at radius 2 is 1.38 bits per heavy atom. The first-order chi connectivity index (χ1) is 29.4. The summed E-state index contributed by atoms with van der Waals surface area (Å²) in [6.07, 6.45) is -9.28. The van der Waals surface area contributed by atoms with E-state index in [4.69, 9.17) is 34.2 Å². The van der Waals surface area contributed by atoms with Crippen molar-refractivity contribution in [2.24, 2.45) is 56.0 Å². The van der Waals surface area contributed by atoms with Crippen molar-refractivity contribution in [1.29, 1.82) is 0 Å². The summed E-state index contributed by atoms with van der Waals surface area (Å²) in [6.45, 7) is 17.2. The maximum absolute atomic E-state index is 13.4. The lowest BCUT2D eigenvalue weighted by molar-refractivity contribution is -0.380. The fraction of sp³-hybridized carbons (Fsp3) is 0.936. The van der Waals surface area contributed by atoms with Crippen LogP contribution in [0.15, 0.2) is 11.6 Å². The van der Waals surface area contributed by atoms with Crippen LogP contribution in [0.5, 0.6) is 0 Å². The van der Waals surface area contributed by atoms with Gasteiger partial charge in [-0.3, -0.25) is 4.79 Å². The zero-order chi connectivity index (χ0) is 46.0. The van der Waals surface area contributed by atoms with Crippen molar-refractivity contribution < 1.29 is 74.1 Å². The molecule has 16 heteroatoms. The molecule has 7 fully saturated rings. The van der Waals surface area contributed by atoms with Crippen LogP contribution in [0.3, 0.4) is 0 Å². The van der Waals surface area contributed by atoms with Crippen molar-refractivity contribution in [1.82, 2.24) is 0 Å². The van der Waals surface area contributed by atoms with E-state index >= 15 is 0 Å². The van der Waals surface area contributed by atoms with E-state index in [-0.39, 0.29) is 52.1 Å². The highest BCUT2D eigenvalue weighted by molar-refractivity contribution is 5.82. The molecule has 0 bridgehead atoms. The number of aliphatic hydroxyl groups excluding tert-OH is 8. The molecule has 10 N–H and O–H groups in total. The summed E-state index contributed by atoms with van der Waals surface area (Å²) < 4.78 is 36.8. The standard InChI is InChI=1S/C47H77NO15/c1-22-30(50)33(53)35(55)38(59-22)63-37-32(52)26(61-39-36(56)34(54)31(51)25(20-49)60-39)21-58-40(37)62-29-12-13-44(6)27(43(29,4)5)11-14-46(8)28(44)10-9-23-24-19-42(2,3)15-17-47(24,41(48)57)18-16-45(23,46)7/h9,22,24-40,49-56H,10-21H2,1-8H3,(H2,48,57)/t22-,24?,25+,26-,27?,28?,29?,30-,31+,32-,33+,34-,35+,36+,37+,38-,39+,40-,44-,45+,46+,47-/m0/s1. The van der Waals surface area contributed by atoms with E-state index in [1.807, 2.05) is 0 Å². The topological polar surface area (TPSA) is 260 Å². The van der Waals surface area contributed by atoms with Gasteiger partial charge in [0.15, 0.2) is 18.9 Å². The third-order valence-electron chi connectivity index (χ3n) is 19.0. The molecule has 22 atom stereocenters. The Hall–Kier alpha value is -1.35. The average molecular weight is 896 g/mol. The van der Waals surface area contributed by atoms with Crippen LogP contribution >= 0.6 is 0 Å². The molecule has 8 aliphatic rings. The van der Waals surface area contributed by atoms with E-state index in [1.165, 1.54) is 12.5 Å². The highest BCUT2D eigenvalue weighted by Gasteiger charge is 2.69. The fourth-order valence-corrected chi connectivity index (χ4v) is 14.8. The van der Waals surface area contributed by atoms with Crippen molar-refractivity contribution in [2.45, 2.75) is 212 Å². The van der Waals surface area contributed by atoms with Gasteiger partial charge in [-0.2, -0.15) is 0 Å². The molecule has 1 amide bonds. The summed E-state index contributed by atoms with van der Waals surface area (Å²) in [5, 5.41) is 85.2. The second-order valence-electron chi connectivity index (χ2n) is 23.1. The van der Waals surface area contributed by atoms with Crippen molar-refractivity contribution >= 4 is 5.91 Å². The van der Waals surface area contributed by atoms with Crippen molar-refractivity contribution in [3.05, 3.63) is 11.6 Å². The minimum atomic E-state index is -1.74. The third kappa shape index (κ3) is 7.51. The maximum atomic E-state index is 13.4. The summed E-state index contributed by atoms with van der Waals surface area (Å²) in [4.78, 5) is 13.4. The van der Waals surface area contributed by atoms with Crippen LogP contribution in [0.25, 0.3) is 0 Å². The molecule has 3 heterocycles. The Morgan fingerprint density at radius 1 is 0.730 bits per heavy atom. The summed E-state index contributed by atoms with van der Waals surface area (Å²) >= 11 is 0. The second-order valence-corrected chi connectivity index (χ2v) is 23.1. The highest BCUT2D eigenvalue weighted by atomic mass is 16.8. The number of ether oxygens (including phenoxy) is 6.